The molecule has 1 aromatic carbocycles. The summed E-state index contributed by atoms with van der Waals surface area (Å²) in [5.74, 6) is -0.0224. The number of hydrogen-bond acceptors (Lipinski definition) is 4. The number of aromatic nitrogens is 2. The zero-order valence-electron chi connectivity index (χ0n) is 10.1. The number of hydrogen-bond donors (Lipinski definition) is 1. The van der Waals surface area contributed by atoms with Crippen molar-refractivity contribution >= 4 is 46.0 Å². The van der Waals surface area contributed by atoms with Gasteiger partial charge in [0.25, 0.3) is 0 Å². The van der Waals surface area contributed by atoms with Gasteiger partial charge in [-0.1, -0.05) is 31.4 Å². The van der Waals surface area contributed by atoms with E-state index in [-0.39, 0.29) is 5.91 Å². The fraction of sp³-hybridized carbons (Fsp3) is 0.417. The molecule has 0 unspecified atom stereocenters. The zero-order chi connectivity index (χ0) is 13.0. The van der Waals surface area contributed by atoms with Gasteiger partial charge in [-0.2, -0.15) is 8.75 Å². The first-order valence-corrected chi connectivity index (χ1v) is 7.04. The number of unbranched alkanes of at least 4 members (excludes halogenated alkanes) is 2. The molecule has 0 bridgehead atoms. The maximum Gasteiger partial charge on any atom is 0.224 e. The minimum absolute atomic E-state index is 0.0224. The van der Waals surface area contributed by atoms with Crippen LogP contribution in [0.15, 0.2) is 12.1 Å². The van der Waals surface area contributed by atoms with Gasteiger partial charge in [0, 0.05) is 6.42 Å². The molecule has 0 fully saturated rings. The maximum atomic E-state index is 11.8. The van der Waals surface area contributed by atoms with Gasteiger partial charge < -0.3 is 5.32 Å². The molecule has 1 heterocycles. The molecule has 96 valence electrons. The Morgan fingerprint density at radius 3 is 3.00 bits per heavy atom. The number of nitrogens with one attached hydrogen (secondary N) is 1. The zero-order valence-corrected chi connectivity index (χ0v) is 11.6. The molecule has 0 spiro atoms. The van der Waals surface area contributed by atoms with Gasteiger partial charge in [0.1, 0.15) is 11.0 Å². The number of nitrogens with zero attached hydrogens (tertiary/aromatic N) is 2. The average Bonchev–Trinajstić information content (AvgIpc) is 2.82. The van der Waals surface area contributed by atoms with Crippen molar-refractivity contribution in [2.24, 2.45) is 0 Å². The van der Waals surface area contributed by atoms with Crippen molar-refractivity contribution in [3.8, 4) is 0 Å². The Bertz CT molecular complexity index is 555. The van der Waals surface area contributed by atoms with Crippen LogP contribution in [0.2, 0.25) is 5.02 Å². The number of benzene rings is 1. The van der Waals surface area contributed by atoms with Crippen LogP contribution in [0.1, 0.15) is 32.6 Å². The van der Waals surface area contributed by atoms with Crippen molar-refractivity contribution in [3.63, 3.8) is 0 Å². The lowest BCUT2D eigenvalue weighted by atomic mass is 10.2. The van der Waals surface area contributed by atoms with Crippen LogP contribution < -0.4 is 5.32 Å². The van der Waals surface area contributed by atoms with Gasteiger partial charge in [-0.15, -0.1) is 0 Å². The van der Waals surface area contributed by atoms with Crippen LogP contribution >= 0.6 is 23.3 Å². The predicted octanol–water partition coefficient (Wildman–Crippen LogP) is 3.86. The van der Waals surface area contributed by atoms with Crippen LogP contribution in [0.25, 0.3) is 11.0 Å². The lowest BCUT2D eigenvalue weighted by Crippen LogP contribution is -2.11. The van der Waals surface area contributed by atoms with E-state index >= 15 is 0 Å². The molecule has 0 aliphatic rings. The lowest BCUT2D eigenvalue weighted by Gasteiger charge is -2.07. The Labute approximate surface area is 115 Å². The minimum Gasteiger partial charge on any atom is -0.323 e. The van der Waals surface area contributed by atoms with Crippen molar-refractivity contribution in [2.75, 3.05) is 5.32 Å². The molecular formula is C12H14ClN3OS. The molecular weight excluding hydrogens is 270 g/mol. The summed E-state index contributed by atoms with van der Waals surface area (Å²) in [4.78, 5) is 11.8. The lowest BCUT2D eigenvalue weighted by molar-refractivity contribution is -0.116. The van der Waals surface area contributed by atoms with Crippen LogP contribution in [-0.4, -0.2) is 14.7 Å². The van der Waals surface area contributed by atoms with E-state index in [1.807, 2.05) is 0 Å². The van der Waals surface area contributed by atoms with Crippen LogP contribution in [0.4, 0.5) is 5.69 Å². The molecule has 0 saturated carbocycles. The number of rotatable bonds is 5. The van der Waals surface area contributed by atoms with Crippen LogP contribution in [-0.2, 0) is 4.79 Å². The maximum absolute atomic E-state index is 11.8. The summed E-state index contributed by atoms with van der Waals surface area (Å²) < 4.78 is 8.28. The van der Waals surface area contributed by atoms with E-state index in [2.05, 4.69) is 21.0 Å². The first kappa shape index (κ1) is 13.2. The number of fused-ring (bicyclic) bond motifs is 1. The first-order valence-electron chi connectivity index (χ1n) is 5.93. The fourth-order valence-corrected chi connectivity index (χ4v) is 2.43. The molecule has 0 saturated heterocycles. The second-order valence-corrected chi connectivity index (χ2v) is 5.00. The predicted molar refractivity (Wildman–Crippen MR) is 75.2 cm³/mol. The van der Waals surface area contributed by atoms with E-state index in [1.54, 1.807) is 12.1 Å². The average molecular weight is 284 g/mol. The first-order chi connectivity index (χ1) is 8.72. The van der Waals surface area contributed by atoms with Crippen molar-refractivity contribution < 1.29 is 4.79 Å². The number of carbonyl (C=O) groups excluding carboxylic acids is 1. The Morgan fingerprint density at radius 2 is 2.22 bits per heavy atom. The van der Waals surface area contributed by atoms with Gasteiger partial charge in [-0.05, 0) is 18.6 Å². The molecule has 0 atom stereocenters. The molecule has 0 aliphatic heterocycles. The Balaban J connectivity index is 2.13. The molecule has 2 rings (SSSR count). The van der Waals surface area contributed by atoms with E-state index in [1.165, 1.54) is 0 Å². The standard InChI is InChI=1S/C12H14ClN3OS/c1-2-3-4-5-10(17)14-11-8(13)6-7-9-12(11)16-18-15-9/h6-7H,2-5H2,1H3,(H,14,17). The van der Waals surface area contributed by atoms with Crippen molar-refractivity contribution in [1.29, 1.82) is 0 Å². The number of halogens is 1. The van der Waals surface area contributed by atoms with Crippen molar-refractivity contribution in [3.05, 3.63) is 17.2 Å². The highest BCUT2D eigenvalue weighted by Gasteiger charge is 2.12. The van der Waals surface area contributed by atoms with Crippen molar-refractivity contribution in [1.82, 2.24) is 8.75 Å². The minimum atomic E-state index is -0.0224. The normalized spacial score (nSPS) is 10.8. The summed E-state index contributed by atoms with van der Waals surface area (Å²) in [6.45, 7) is 2.11. The molecule has 0 aliphatic carbocycles. The molecule has 0 radical (unpaired) electrons. The Morgan fingerprint density at radius 1 is 1.39 bits per heavy atom. The molecule has 6 heteroatoms. The highest BCUT2D eigenvalue weighted by atomic mass is 35.5. The molecule has 2 aromatic rings. The fourth-order valence-electron chi connectivity index (χ4n) is 1.68. The van der Waals surface area contributed by atoms with E-state index in [0.29, 0.717) is 22.6 Å². The third-order valence-electron chi connectivity index (χ3n) is 2.65. The van der Waals surface area contributed by atoms with Gasteiger partial charge in [0.15, 0.2) is 0 Å². The summed E-state index contributed by atoms with van der Waals surface area (Å²) >= 11 is 7.20. The monoisotopic (exact) mass is 283 g/mol. The molecule has 1 N–H and O–H groups in total. The van der Waals surface area contributed by atoms with E-state index in [4.69, 9.17) is 11.6 Å². The topological polar surface area (TPSA) is 54.9 Å². The van der Waals surface area contributed by atoms with Crippen LogP contribution in [0.3, 0.4) is 0 Å². The number of carbonyl (C=O) groups is 1. The smallest absolute Gasteiger partial charge is 0.224 e. The summed E-state index contributed by atoms with van der Waals surface area (Å²) in [5.41, 5.74) is 1.99. The molecule has 18 heavy (non-hydrogen) atoms. The highest BCUT2D eigenvalue weighted by molar-refractivity contribution is 7.00. The summed E-state index contributed by atoms with van der Waals surface area (Å²) in [6, 6.07) is 3.53. The third-order valence-corrected chi connectivity index (χ3v) is 3.51. The second-order valence-electron chi connectivity index (χ2n) is 4.06. The third kappa shape index (κ3) is 2.97. The highest BCUT2D eigenvalue weighted by Crippen LogP contribution is 2.30. The van der Waals surface area contributed by atoms with Gasteiger partial charge in [-0.3, -0.25) is 4.79 Å². The van der Waals surface area contributed by atoms with Crippen LogP contribution in [0.5, 0.6) is 0 Å². The molecule has 1 amide bonds. The molecule has 1 aromatic heterocycles. The van der Waals surface area contributed by atoms with E-state index in [9.17, 15) is 4.79 Å². The quantitative estimate of drug-likeness (QED) is 0.848. The van der Waals surface area contributed by atoms with Gasteiger partial charge in [0.2, 0.25) is 5.91 Å². The van der Waals surface area contributed by atoms with Gasteiger partial charge in [-0.25, -0.2) is 0 Å². The summed E-state index contributed by atoms with van der Waals surface area (Å²) in [5, 5.41) is 3.33. The van der Waals surface area contributed by atoms with E-state index < -0.39 is 0 Å². The van der Waals surface area contributed by atoms with Gasteiger partial charge >= 0.3 is 0 Å². The second kappa shape index (κ2) is 6.11. The van der Waals surface area contributed by atoms with E-state index in [0.717, 1.165) is 36.5 Å². The number of amides is 1. The summed E-state index contributed by atoms with van der Waals surface area (Å²) in [7, 11) is 0. The Kier molecular flexibility index (Phi) is 4.49. The van der Waals surface area contributed by atoms with Gasteiger partial charge in [0.05, 0.1) is 22.4 Å². The molecule has 4 nitrogen and oxygen atoms in total. The number of anilines is 1. The summed E-state index contributed by atoms with van der Waals surface area (Å²) in [6.07, 6.45) is 3.56. The van der Waals surface area contributed by atoms with Crippen molar-refractivity contribution in [2.45, 2.75) is 32.6 Å². The largest absolute Gasteiger partial charge is 0.323 e. The van der Waals surface area contributed by atoms with Crippen LogP contribution in [0, 0.1) is 0 Å². The SMILES string of the molecule is CCCCCC(=O)Nc1c(Cl)ccc2nsnc12. The Hall–Kier alpha value is -1.20.